The van der Waals surface area contributed by atoms with E-state index in [0.717, 1.165) is 6.42 Å². The van der Waals surface area contributed by atoms with Crippen molar-refractivity contribution in [3.63, 3.8) is 0 Å². The van der Waals surface area contributed by atoms with Crippen molar-refractivity contribution in [2.45, 2.75) is 51.7 Å². The first-order valence-corrected chi connectivity index (χ1v) is 7.67. The van der Waals surface area contributed by atoms with Gasteiger partial charge in [-0.25, -0.2) is 0 Å². The zero-order chi connectivity index (χ0) is 14.5. The van der Waals surface area contributed by atoms with Crippen molar-refractivity contribution in [2.24, 2.45) is 5.92 Å². The minimum absolute atomic E-state index is 0.0660. The Morgan fingerprint density at radius 3 is 2.75 bits per heavy atom. The Bertz CT molecular complexity index is 464. The van der Waals surface area contributed by atoms with Crippen molar-refractivity contribution < 1.29 is 9.53 Å². The summed E-state index contributed by atoms with van der Waals surface area (Å²) in [5.74, 6) is 1.03. The topological polar surface area (TPSA) is 38.3 Å². The van der Waals surface area contributed by atoms with E-state index in [0.29, 0.717) is 16.7 Å². The summed E-state index contributed by atoms with van der Waals surface area (Å²) in [5, 5.41) is 3.63. The number of hydrogen-bond acceptors (Lipinski definition) is 2. The maximum absolute atomic E-state index is 12.2. The number of para-hydroxylation sites is 1. The van der Waals surface area contributed by atoms with Gasteiger partial charge in [0.2, 0.25) is 0 Å². The summed E-state index contributed by atoms with van der Waals surface area (Å²) >= 11 is 6.03. The molecule has 3 atom stereocenters. The predicted molar refractivity (Wildman–Crippen MR) is 81.1 cm³/mol. The van der Waals surface area contributed by atoms with E-state index in [1.54, 1.807) is 19.1 Å². The van der Waals surface area contributed by atoms with E-state index >= 15 is 0 Å². The van der Waals surface area contributed by atoms with Gasteiger partial charge in [-0.1, -0.05) is 43.5 Å². The third-order valence-electron chi connectivity index (χ3n) is 3.95. The highest BCUT2D eigenvalue weighted by Gasteiger charge is 2.25. The number of halogens is 1. The van der Waals surface area contributed by atoms with Crippen LogP contribution in [0.4, 0.5) is 0 Å². The molecule has 0 aliphatic heterocycles. The van der Waals surface area contributed by atoms with Crippen LogP contribution in [0.1, 0.15) is 39.5 Å². The van der Waals surface area contributed by atoms with Crippen LogP contribution in [0.25, 0.3) is 0 Å². The molecule has 1 amide bonds. The Hall–Kier alpha value is -1.22. The van der Waals surface area contributed by atoms with E-state index in [1.807, 2.05) is 12.1 Å². The molecule has 20 heavy (non-hydrogen) atoms. The van der Waals surface area contributed by atoms with Crippen molar-refractivity contribution in [2.75, 3.05) is 0 Å². The van der Waals surface area contributed by atoms with Gasteiger partial charge in [0.15, 0.2) is 6.10 Å². The number of carbonyl (C=O) groups is 1. The predicted octanol–water partition coefficient (Wildman–Crippen LogP) is 3.80. The Morgan fingerprint density at radius 1 is 1.35 bits per heavy atom. The van der Waals surface area contributed by atoms with Crippen molar-refractivity contribution in [1.82, 2.24) is 5.32 Å². The molecule has 1 aromatic carbocycles. The van der Waals surface area contributed by atoms with Gasteiger partial charge in [-0.3, -0.25) is 4.79 Å². The van der Waals surface area contributed by atoms with Crippen LogP contribution in [0.5, 0.6) is 5.75 Å². The van der Waals surface area contributed by atoms with E-state index in [1.165, 1.54) is 19.3 Å². The third-order valence-corrected chi connectivity index (χ3v) is 4.26. The summed E-state index contributed by atoms with van der Waals surface area (Å²) in [4.78, 5) is 12.2. The summed E-state index contributed by atoms with van der Waals surface area (Å²) in [7, 11) is 0. The normalized spacial score (nSPS) is 23.9. The van der Waals surface area contributed by atoms with Gasteiger partial charge in [-0.15, -0.1) is 0 Å². The average Bonchev–Trinajstić information content (AvgIpc) is 2.43. The Balaban J connectivity index is 1.90. The molecule has 1 saturated carbocycles. The Kier molecular flexibility index (Phi) is 5.30. The van der Waals surface area contributed by atoms with Crippen LogP contribution in [0.15, 0.2) is 24.3 Å². The molecule has 1 aliphatic carbocycles. The lowest BCUT2D eigenvalue weighted by Gasteiger charge is -2.30. The molecule has 0 radical (unpaired) electrons. The summed E-state index contributed by atoms with van der Waals surface area (Å²) in [5.41, 5.74) is 0. The maximum atomic E-state index is 12.2. The number of hydrogen-bond donors (Lipinski definition) is 1. The second-order valence-corrected chi connectivity index (χ2v) is 5.97. The van der Waals surface area contributed by atoms with E-state index in [-0.39, 0.29) is 11.9 Å². The second kappa shape index (κ2) is 6.98. The molecule has 110 valence electrons. The lowest BCUT2D eigenvalue weighted by molar-refractivity contribution is -0.128. The van der Waals surface area contributed by atoms with Gasteiger partial charge >= 0.3 is 0 Å². The standard InChI is InChI=1S/C16H22ClNO2/c1-11-7-3-5-9-14(11)18-16(19)12(2)20-15-10-6-4-8-13(15)17/h4,6,8,10-12,14H,3,5,7,9H2,1-2H3,(H,18,19)/t11-,12-,14-/m1/s1. The molecule has 0 unspecified atom stereocenters. The average molecular weight is 296 g/mol. The van der Waals surface area contributed by atoms with Crippen LogP contribution in [0.3, 0.4) is 0 Å². The zero-order valence-electron chi connectivity index (χ0n) is 12.1. The number of amides is 1. The first kappa shape index (κ1) is 15.2. The molecule has 0 bridgehead atoms. The molecule has 1 fully saturated rings. The zero-order valence-corrected chi connectivity index (χ0v) is 12.8. The molecular weight excluding hydrogens is 274 g/mol. The molecule has 1 aromatic rings. The number of carbonyl (C=O) groups excluding carboxylic acids is 1. The van der Waals surface area contributed by atoms with Gasteiger partial charge in [0, 0.05) is 6.04 Å². The molecule has 1 aliphatic rings. The van der Waals surface area contributed by atoms with Crippen LogP contribution in [-0.4, -0.2) is 18.1 Å². The molecule has 0 spiro atoms. The van der Waals surface area contributed by atoms with E-state index in [4.69, 9.17) is 16.3 Å². The van der Waals surface area contributed by atoms with Gasteiger partial charge in [0.05, 0.1) is 5.02 Å². The van der Waals surface area contributed by atoms with Gasteiger partial charge in [-0.2, -0.15) is 0 Å². The van der Waals surface area contributed by atoms with Crippen LogP contribution in [0, 0.1) is 5.92 Å². The van der Waals surface area contributed by atoms with Crippen molar-refractivity contribution in [3.8, 4) is 5.75 Å². The first-order valence-electron chi connectivity index (χ1n) is 7.29. The third kappa shape index (κ3) is 3.89. The van der Waals surface area contributed by atoms with E-state index in [9.17, 15) is 4.79 Å². The number of benzene rings is 1. The largest absolute Gasteiger partial charge is 0.479 e. The summed E-state index contributed by atoms with van der Waals surface area (Å²) in [6, 6.07) is 7.48. The fourth-order valence-electron chi connectivity index (χ4n) is 2.62. The molecule has 2 rings (SSSR count). The fourth-order valence-corrected chi connectivity index (χ4v) is 2.80. The Labute approximate surface area is 125 Å². The van der Waals surface area contributed by atoms with Crippen molar-refractivity contribution in [1.29, 1.82) is 0 Å². The number of rotatable bonds is 4. The molecular formula is C16H22ClNO2. The SMILES string of the molecule is C[C@@H]1CCCC[C@H]1NC(=O)[C@@H](C)Oc1ccccc1Cl. The van der Waals surface area contributed by atoms with Gasteiger partial charge in [0.1, 0.15) is 5.75 Å². The van der Waals surface area contributed by atoms with Crippen LogP contribution < -0.4 is 10.1 Å². The van der Waals surface area contributed by atoms with Crippen molar-refractivity contribution in [3.05, 3.63) is 29.3 Å². The van der Waals surface area contributed by atoms with Crippen LogP contribution in [-0.2, 0) is 4.79 Å². The summed E-state index contributed by atoms with van der Waals surface area (Å²) < 4.78 is 5.64. The Morgan fingerprint density at radius 2 is 2.05 bits per heavy atom. The minimum Gasteiger partial charge on any atom is -0.479 e. The highest BCUT2D eigenvalue weighted by Crippen LogP contribution is 2.25. The molecule has 0 aromatic heterocycles. The molecule has 1 N–H and O–H groups in total. The van der Waals surface area contributed by atoms with Crippen LogP contribution in [0.2, 0.25) is 5.02 Å². The fraction of sp³-hybridized carbons (Fsp3) is 0.562. The van der Waals surface area contributed by atoms with E-state index in [2.05, 4.69) is 12.2 Å². The van der Waals surface area contributed by atoms with Gasteiger partial charge < -0.3 is 10.1 Å². The molecule has 4 heteroatoms. The molecule has 0 saturated heterocycles. The smallest absolute Gasteiger partial charge is 0.261 e. The second-order valence-electron chi connectivity index (χ2n) is 5.57. The summed E-state index contributed by atoms with van der Waals surface area (Å²) in [6.07, 6.45) is 4.16. The number of ether oxygens (including phenoxy) is 1. The first-order chi connectivity index (χ1) is 9.58. The maximum Gasteiger partial charge on any atom is 0.261 e. The van der Waals surface area contributed by atoms with Crippen molar-refractivity contribution >= 4 is 17.5 Å². The van der Waals surface area contributed by atoms with Gasteiger partial charge in [0.25, 0.3) is 5.91 Å². The lowest BCUT2D eigenvalue weighted by Crippen LogP contribution is -2.46. The van der Waals surface area contributed by atoms with Gasteiger partial charge in [-0.05, 0) is 37.8 Å². The summed E-state index contributed by atoms with van der Waals surface area (Å²) in [6.45, 7) is 3.95. The monoisotopic (exact) mass is 295 g/mol. The highest BCUT2D eigenvalue weighted by molar-refractivity contribution is 6.32. The minimum atomic E-state index is -0.538. The molecule has 0 heterocycles. The highest BCUT2D eigenvalue weighted by atomic mass is 35.5. The quantitative estimate of drug-likeness (QED) is 0.917. The lowest BCUT2D eigenvalue weighted by atomic mass is 9.86. The number of nitrogens with one attached hydrogen (secondary N) is 1. The van der Waals surface area contributed by atoms with E-state index < -0.39 is 6.10 Å². The molecule has 3 nitrogen and oxygen atoms in total. The van der Waals surface area contributed by atoms with Crippen LogP contribution >= 0.6 is 11.6 Å².